The normalized spacial score (nSPS) is 13.0. The van der Waals surface area contributed by atoms with Crippen LogP contribution in [0.5, 0.6) is 0 Å². The lowest BCUT2D eigenvalue weighted by Crippen LogP contribution is -2.52. The lowest BCUT2D eigenvalue weighted by molar-refractivity contribution is -0.137. The quantitative estimate of drug-likeness (QED) is 0.0266. The van der Waals surface area contributed by atoms with E-state index < -0.39 is 59.9 Å². The standard InChI is InChI=1S/C54H65N11O11/c1-6-7-15-42-62-47-48(65(42)31-34-17-21-36(22-18-34)58-44(68)27-28-56-52(73)76-54(3,4)5)38-13-10-11-14-39(38)60-49(47)63-53(74)75-32-35-19-23-37(24-20-35)59-51(72)40(30-41(55)66)61-50(71)33(2)57-43(67)16-9-8-12-29-64-45(69)25-26-46(64)70/h10-11,13-14,17-26,33,40H,6-9,12,15-16,27-32H2,1-5H3,(H2,55,66)(H,56,73)(H,57,67)(H,58,68)(H,59,72)(H,61,71)(H,60,63,74)/t33-,40-/m0/s1. The van der Waals surface area contributed by atoms with Gasteiger partial charge in [0.15, 0.2) is 5.82 Å². The van der Waals surface area contributed by atoms with Gasteiger partial charge in [-0.3, -0.25) is 43.8 Å². The van der Waals surface area contributed by atoms with E-state index in [1.54, 1.807) is 45.0 Å². The van der Waals surface area contributed by atoms with E-state index in [0.717, 1.165) is 40.0 Å². The number of aromatic nitrogens is 3. The fraction of sp³-hybridized carbons (Fsp3) is 0.389. The van der Waals surface area contributed by atoms with Gasteiger partial charge in [-0.2, -0.15) is 0 Å². The third-order valence-electron chi connectivity index (χ3n) is 11.8. The number of nitrogens with zero attached hydrogens (tertiary/aromatic N) is 4. The van der Waals surface area contributed by atoms with Crippen LogP contribution in [0.15, 0.2) is 84.9 Å². The van der Waals surface area contributed by atoms with Crippen molar-refractivity contribution in [2.24, 2.45) is 5.73 Å². The summed E-state index contributed by atoms with van der Waals surface area (Å²) < 4.78 is 13.0. The highest BCUT2D eigenvalue weighted by atomic mass is 16.6. The summed E-state index contributed by atoms with van der Waals surface area (Å²) >= 11 is 0. The number of ether oxygens (including phenoxy) is 2. The Morgan fingerprint density at radius 2 is 1.39 bits per heavy atom. The number of rotatable bonds is 25. The third-order valence-corrected chi connectivity index (χ3v) is 11.8. The zero-order valence-electron chi connectivity index (χ0n) is 43.3. The predicted molar refractivity (Wildman–Crippen MR) is 283 cm³/mol. The minimum Gasteiger partial charge on any atom is -0.444 e. The number of hydrogen-bond acceptors (Lipinski definition) is 13. The number of imide groups is 1. The first-order valence-electron chi connectivity index (χ1n) is 25.2. The summed E-state index contributed by atoms with van der Waals surface area (Å²) in [6.07, 6.45) is 4.61. The van der Waals surface area contributed by atoms with Crippen LogP contribution >= 0.6 is 0 Å². The Bertz CT molecular complexity index is 2970. The van der Waals surface area contributed by atoms with Gasteiger partial charge in [0.2, 0.25) is 29.5 Å². The zero-order chi connectivity index (χ0) is 54.9. The minimum atomic E-state index is -1.37. The van der Waals surface area contributed by atoms with Crippen molar-refractivity contribution in [2.75, 3.05) is 29.0 Å². The molecule has 0 aliphatic carbocycles. The van der Waals surface area contributed by atoms with E-state index in [-0.39, 0.29) is 56.1 Å². The number of carbonyl (C=O) groups excluding carboxylic acids is 9. The van der Waals surface area contributed by atoms with Gasteiger partial charge in [-0.05, 0) is 88.4 Å². The Kier molecular flexibility index (Phi) is 19.7. The number of anilines is 3. The predicted octanol–water partition coefficient (Wildman–Crippen LogP) is 5.87. The summed E-state index contributed by atoms with van der Waals surface area (Å²) in [5.41, 5.74) is 9.02. The molecule has 76 heavy (non-hydrogen) atoms. The molecule has 9 amide bonds. The Hall–Kier alpha value is -8.69. The first kappa shape index (κ1) is 56.6. The van der Waals surface area contributed by atoms with Gasteiger partial charge in [0.1, 0.15) is 35.6 Å². The Morgan fingerprint density at radius 1 is 0.724 bits per heavy atom. The molecular formula is C54H65N11O11. The van der Waals surface area contributed by atoms with Crippen LogP contribution in [0, 0.1) is 0 Å². The van der Waals surface area contributed by atoms with E-state index in [2.05, 4.69) is 43.4 Å². The van der Waals surface area contributed by atoms with Crippen LogP contribution in [-0.4, -0.2) is 104 Å². The van der Waals surface area contributed by atoms with Crippen molar-refractivity contribution in [3.8, 4) is 0 Å². The maximum absolute atomic E-state index is 13.4. The molecule has 2 atom stereocenters. The number of imidazole rings is 1. The molecule has 0 fully saturated rings. The van der Waals surface area contributed by atoms with E-state index in [9.17, 15) is 43.2 Å². The molecule has 22 heteroatoms. The number of unbranched alkanes of at least 4 members (excludes halogenated alkanes) is 3. The first-order valence-corrected chi connectivity index (χ1v) is 25.2. The molecule has 3 heterocycles. The number of para-hydroxylation sites is 1. The van der Waals surface area contributed by atoms with Gasteiger partial charge in [0.25, 0.3) is 11.8 Å². The maximum Gasteiger partial charge on any atom is 0.413 e. The second-order valence-electron chi connectivity index (χ2n) is 19.2. The number of alkyl carbamates (subject to hydrolysis) is 1. The van der Waals surface area contributed by atoms with Crippen molar-refractivity contribution >= 4 is 92.7 Å². The molecule has 6 rings (SSSR count). The number of aryl methyl sites for hydroxylation is 1. The Balaban J connectivity index is 1.03. The van der Waals surface area contributed by atoms with Gasteiger partial charge in [-0.15, -0.1) is 0 Å². The summed E-state index contributed by atoms with van der Waals surface area (Å²) in [6, 6.07) is 18.9. The van der Waals surface area contributed by atoms with Crippen LogP contribution in [0.2, 0.25) is 0 Å². The highest BCUT2D eigenvalue weighted by molar-refractivity contribution is 6.13. The molecule has 402 valence electrons. The lowest BCUT2D eigenvalue weighted by Gasteiger charge is -2.20. The van der Waals surface area contributed by atoms with Crippen molar-refractivity contribution < 1.29 is 52.6 Å². The smallest absolute Gasteiger partial charge is 0.413 e. The Morgan fingerprint density at radius 3 is 2.07 bits per heavy atom. The monoisotopic (exact) mass is 1040 g/mol. The minimum absolute atomic E-state index is 0.0586. The SMILES string of the molecule is CCCCc1nc2c(NC(=O)OCc3ccc(NC(=O)[C@H](CC(N)=O)NC(=O)[C@H](C)NC(=O)CCCCCN4C(=O)C=CC4=O)cc3)nc3ccccc3c2n1Cc1ccc(NC(=O)CCNC(=O)OC(C)(C)C)cc1. The van der Waals surface area contributed by atoms with Crippen LogP contribution < -0.4 is 37.6 Å². The number of benzene rings is 3. The van der Waals surface area contributed by atoms with Crippen LogP contribution in [-0.2, 0) is 62.6 Å². The number of carbonyl (C=O) groups is 9. The van der Waals surface area contributed by atoms with Gasteiger partial charge in [0, 0.05) is 67.8 Å². The summed E-state index contributed by atoms with van der Waals surface area (Å²) in [5.74, 6) is -2.74. The largest absolute Gasteiger partial charge is 0.444 e. The fourth-order valence-corrected chi connectivity index (χ4v) is 8.02. The maximum atomic E-state index is 13.4. The molecule has 0 bridgehead atoms. The summed E-state index contributed by atoms with van der Waals surface area (Å²) in [4.78, 5) is 123. The van der Waals surface area contributed by atoms with Crippen LogP contribution in [0.25, 0.3) is 21.9 Å². The van der Waals surface area contributed by atoms with Gasteiger partial charge in [-0.1, -0.05) is 62.2 Å². The number of pyridine rings is 1. The van der Waals surface area contributed by atoms with E-state index in [0.29, 0.717) is 60.2 Å². The molecule has 1 aliphatic heterocycles. The summed E-state index contributed by atoms with van der Waals surface area (Å²) in [7, 11) is 0. The van der Waals surface area contributed by atoms with Crippen LogP contribution in [0.3, 0.4) is 0 Å². The number of hydrogen-bond donors (Lipinski definition) is 7. The molecule has 0 unspecified atom stereocenters. The molecule has 0 spiro atoms. The van der Waals surface area contributed by atoms with Crippen molar-refractivity contribution in [3.63, 3.8) is 0 Å². The molecule has 22 nitrogen and oxygen atoms in total. The second kappa shape index (κ2) is 26.5. The molecule has 8 N–H and O–H groups in total. The molecular weight excluding hydrogens is 979 g/mol. The molecule has 2 aromatic heterocycles. The van der Waals surface area contributed by atoms with Gasteiger partial charge in [0.05, 0.1) is 17.5 Å². The van der Waals surface area contributed by atoms with Gasteiger partial charge in [-0.25, -0.2) is 19.6 Å². The summed E-state index contributed by atoms with van der Waals surface area (Å²) in [6.45, 7) is 9.42. The molecule has 0 radical (unpaired) electrons. The number of nitrogens with one attached hydrogen (secondary N) is 6. The third kappa shape index (κ3) is 16.7. The topological polar surface area (TPSA) is 304 Å². The van der Waals surface area contributed by atoms with Crippen LogP contribution in [0.4, 0.5) is 26.8 Å². The van der Waals surface area contributed by atoms with Gasteiger partial charge >= 0.3 is 12.2 Å². The average Bonchev–Trinajstić information content (AvgIpc) is 3.90. The molecule has 1 aliphatic rings. The molecule has 5 aromatic rings. The number of primary amides is 1. The number of nitrogens with two attached hydrogens (primary N) is 1. The van der Waals surface area contributed by atoms with E-state index in [1.807, 2.05) is 48.5 Å². The van der Waals surface area contributed by atoms with E-state index in [1.165, 1.54) is 19.1 Å². The first-order chi connectivity index (χ1) is 36.3. The fourth-order valence-electron chi connectivity index (χ4n) is 8.02. The van der Waals surface area contributed by atoms with Gasteiger partial charge < -0.3 is 46.4 Å². The van der Waals surface area contributed by atoms with E-state index in [4.69, 9.17) is 25.2 Å². The highest BCUT2D eigenvalue weighted by Gasteiger charge is 2.27. The number of fused-ring (bicyclic) bond motifs is 3. The number of amides is 9. The molecule has 0 saturated carbocycles. The van der Waals surface area contributed by atoms with Crippen LogP contribution in [0.1, 0.15) is 103 Å². The van der Waals surface area contributed by atoms with E-state index >= 15 is 0 Å². The highest BCUT2D eigenvalue weighted by Crippen LogP contribution is 2.32. The average molecular weight is 1040 g/mol. The second-order valence-corrected chi connectivity index (χ2v) is 19.2. The summed E-state index contributed by atoms with van der Waals surface area (Å²) in [5, 5.41) is 16.8. The van der Waals surface area contributed by atoms with Crippen molar-refractivity contribution in [2.45, 2.75) is 123 Å². The van der Waals surface area contributed by atoms with Crippen molar-refractivity contribution in [3.05, 3.63) is 102 Å². The van der Waals surface area contributed by atoms with Crippen molar-refractivity contribution in [1.29, 1.82) is 0 Å². The zero-order valence-corrected chi connectivity index (χ0v) is 43.3. The van der Waals surface area contributed by atoms with Crippen molar-refractivity contribution in [1.82, 2.24) is 35.4 Å². The Labute approximate surface area is 439 Å². The lowest BCUT2D eigenvalue weighted by atomic mass is 10.1. The molecule has 3 aromatic carbocycles. The molecule has 0 saturated heterocycles.